The first-order chi connectivity index (χ1) is 14.6. The molecule has 0 saturated heterocycles. The predicted octanol–water partition coefficient (Wildman–Crippen LogP) is 4.26. The highest BCUT2D eigenvalue weighted by Gasteiger charge is 2.41. The summed E-state index contributed by atoms with van der Waals surface area (Å²) in [6.07, 6.45) is -9.41. The second-order valence-corrected chi connectivity index (χ2v) is 11.4. The highest BCUT2D eigenvalue weighted by atomic mass is 32.2. The average Bonchev–Trinajstić information content (AvgIpc) is 2.65. The van der Waals surface area contributed by atoms with E-state index in [4.69, 9.17) is 0 Å². The van der Waals surface area contributed by atoms with Gasteiger partial charge in [0, 0.05) is 6.54 Å². The lowest BCUT2D eigenvalue weighted by atomic mass is 9.85. The van der Waals surface area contributed by atoms with Crippen molar-refractivity contribution < 1.29 is 43.2 Å². The molecule has 2 aromatic carbocycles. The first-order valence-corrected chi connectivity index (χ1v) is 12.2. The minimum atomic E-state index is -4.72. The second kappa shape index (κ2) is 8.34. The third-order valence-corrected chi connectivity index (χ3v) is 8.75. The monoisotopic (exact) mass is 501 g/mol. The first kappa shape index (κ1) is 24.5. The maximum Gasteiger partial charge on any atom is 0.416 e. The van der Waals surface area contributed by atoms with E-state index in [1.165, 1.54) is 0 Å². The molecule has 1 aliphatic carbocycles. The summed E-state index contributed by atoms with van der Waals surface area (Å²) in [4.78, 5) is -1.06. The van der Waals surface area contributed by atoms with E-state index in [0.29, 0.717) is 12.1 Å². The molecule has 1 N–H and O–H groups in total. The Hall–Kier alpha value is -2.12. The van der Waals surface area contributed by atoms with Gasteiger partial charge in [-0.3, -0.25) is 0 Å². The normalized spacial score (nSPS) is 20.1. The Balaban J connectivity index is 1.63. The maximum absolute atomic E-state index is 12.8. The van der Waals surface area contributed by atoms with Crippen molar-refractivity contribution >= 4 is 19.9 Å². The molecule has 1 saturated carbocycles. The minimum Gasteiger partial charge on any atom is -0.223 e. The Morgan fingerprint density at radius 3 is 1.75 bits per heavy atom. The van der Waals surface area contributed by atoms with Gasteiger partial charge in [-0.2, -0.15) is 26.3 Å². The lowest BCUT2D eigenvalue weighted by molar-refractivity contribution is -0.138. The summed E-state index contributed by atoms with van der Waals surface area (Å²) >= 11 is 0. The van der Waals surface area contributed by atoms with Crippen LogP contribution in [0, 0.1) is 5.92 Å². The topological polar surface area (TPSA) is 80.3 Å². The fourth-order valence-electron chi connectivity index (χ4n) is 3.29. The summed E-state index contributed by atoms with van der Waals surface area (Å²) in [5.41, 5.74) is -2.22. The van der Waals surface area contributed by atoms with E-state index in [1.54, 1.807) is 0 Å². The number of sulfone groups is 1. The smallest absolute Gasteiger partial charge is 0.223 e. The molecule has 0 amide bonds. The van der Waals surface area contributed by atoms with Gasteiger partial charge in [0.1, 0.15) is 0 Å². The quantitative estimate of drug-likeness (QED) is 0.600. The van der Waals surface area contributed by atoms with Crippen molar-refractivity contribution in [2.75, 3.05) is 6.54 Å². The number of sulfonamides is 1. The minimum absolute atomic E-state index is 0.00366. The van der Waals surface area contributed by atoms with Crippen LogP contribution >= 0.6 is 0 Å². The van der Waals surface area contributed by atoms with E-state index >= 15 is 0 Å². The summed E-state index contributed by atoms with van der Waals surface area (Å²) in [5, 5.41) is -0.978. The van der Waals surface area contributed by atoms with Crippen LogP contribution in [-0.4, -0.2) is 28.6 Å². The zero-order valence-corrected chi connectivity index (χ0v) is 17.7. The summed E-state index contributed by atoms with van der Waals surface area (Å²) < 4.78 is 129. The van der Waals surface area contributed by atoms with E-state index < -0.39 is 64.3 Å². The standard InChI is InChI=1S/C19H17F6NO4S2/c20-18(21,22)13-3-1-5-15(9-13)31(27,28)17-7-12(8-17)11-26-32(29,30)16-6-2-4-14(10-16)19(23,24)25/h1-6,9-10,12,17,26H,7-8,11H2/t12-,17-. The fraction of sp³-hybridized carbons (Fsp3) is 0.368. The third-order valence-electron chi connectivity index (χ3n) is 5.15. The molecular formula is C19H17F6NO4S2. The predicted molar refractivity (Wildman–Crippen MR) is 102 cm³/mol. The summed E-state index contributed by atoms with van der Waals surface area (Å²) in [6.45, 7) is -0.215. The number of rotatable bonds is 6. The van der Waals surface area contributed by atoms with E-state index in [1.807, 2.05) is 0 Å². The van der Waals surface area contributed by atoms with Gasteiger partial charge in [0.2, 0.25) is 10.0 Å². The van der Waals surface area contributed by atoms with Gasteiger partial charge in [-0.1, -0.05) is 12.1 Å². The number of hydrogen-bond donors (Lipinski definition) is 1. The van der Waals surface area contributed by atoms with Crippen molar-refractivity contribution in [2.24, 2.45) is 5.92 Å². The van der Waals surface area contributed by atoms with Gasteiger partial charge in [0.25, 0.3) is 0 Å². The van der Waals surface area contributed by atoms with E-state index in [0.717, 1.165) is 36.4 Å². The van der Waals surface area contributed by atoms with Crippen LogP contribution in [0.3, 0.4) is 0 Å². The maximum atomic E-state index is 12.8. The molecule has 0 spiro atoms. The molecule has 32 heavy (non-hydrogen) atoms. The molecule has 1 fully saturated rings. The zero-order valence-electron chi connectivity index (χ0n) is 16.1. The van der Waals surface area contributed by atoms with Crippen LogP contribution in [-0.2, 0) is 32.2 Å². The van der Waals surface area contributed by atoms with Crippen molar-refractivity contribution in [2.45, 2.75) is 40.2 Å². The molecule has 0 bridgehead atoms. The molecule has 0 atom stereocenters. The van der Waals surface area contributed by atoms with Gasteiger partial charge in [-0.15, -0.1) is 0 Å². The highest BCUT2D eigenvalue weighted by Crippen LogP contribution is 2.38. The molecule has 0 aromatic heterocycles. The third kappa shape index (κ3) is 5.26. The molecule has 0 radical (unpaired) electrons. The van der Waals surface area contributed by atoms with Gasteiger partial charge in [-0.25, -0.2) is 21.6 Å². The first-order valence-electron chi connectivity index (χ1n) is 9.19. The summed E-state index contributed by atoms with van der Waals surface area (Å²) in [5.74, 6) is -0.429. The lowest BCUT2D eigenvalue weighted by Crippen LogP contribution is -2.42. The summed E-state index contributed by atoms with van der Waals surface area (Å²) in [7, 11) is -8.31. The Kier molecular flexibility index (Phi) is 6.39. The van der Waals surface area contributed by atoms with Crippen LogP contribution in [0.2, 0.25) is 0 Å². The molecule has 2 aromatic rings. The van der Waals surface area contributed by atoms with Crippen LogP contribution in [0.25, 0.3) is 0 Å². The van der Waals surface area contributed by atoms with Gasteiger partial charge in [0.05, 0.1) is 26.2 Å². The Labute approximate surface area is 180 Å². The molecule has 176 valence electrons. The van der Waals surface area contributed by atoms with E-state index in [9.17, 15) is 43.2 Å². The average molecular weight is 501 g/mol. The fourth-order valence-corrected chi connectivity index (χ4v) is 6.44. The van der Waals surface area contributed by atoms with Crippen molar-refractivity contribution in [3.63, 3.8) is 0 Å². The largest absolute Gasteiger partial charge is 0.416 e. The van der Waals surface area contributed by atoms with E-state index in [-0.39, 0.29) is 19.4 Å². The number of alkyl halides is 6. The molecule has 1 aliphatic rings. The van der Waals surface area contributed by atoms with Crippen molar-refractivity contribution in [3.05, 3.63) is 59.7 Å². The van der Waals surface area contributed by atoms with Crippen molar-refractivity contribution in [1.29, 1.82) is 0 Å². The molecule has 0 aliphatic heterocycles. The highest BCUT2D eigenvalue weighted by molar-refractivity contribution is 7.92. The van der Waals surface area contributed by atoms with Crippen LogP contribution in [0.5, 0.6) is 0 Å². The number of benzene rings is 2. The molecule has 0 unspecified atom stereocenters. The Bertz CT molecular complexity index is 1200. The van der Waals surface area contributed by atoms with Crippen LogP contribution in [0.1, 0.15) is 24.0 Å². The molecular weight excluding hydrogens is 484 g/mol. The SMILES string of the molecule is O=S(=O)(NC[C@H]1C[C@H](S(=O)(=O)c2cccc(C(F)(F)F)c2)C1)c1cccc(C(F)(F)F)c1. The molecule has 3 rings (SSSR count). The van der Waals surface area contributed by atoms with Crippen molar-refractivity contribution in [1.82, 2.24) is 4.72 Å². The molecule has 0 heterocycles. The van der Waals surface area contributed by atoms with Gasteiger partial charge in [0.15, 0.2) is 9.84 Å². The Morgan fingerprint density at radius 2 is 1.25 bits per heavy atom. The van der Waals surface area contributed by atoms with Gasteiger partial charge < -0.3 is 0 Å². The van der Waals surface area contributed by atoms with Gasteiger partial charge in [-0.05, 0) is 55.2 Å². The zero-order chi connectivity index (χ0) is 23.9. The second-order valence-electron chi connectivity index (χ2n) is 7.41. The van der Waals surface area contributed by atoms with Crippen molar-refractivity contribution in [3.8, 4) is 0 Å². The molecule has 5 nitrogen and oxygen atoms in total. The van der Waals surface area contributed by atoms with Crippen LogP contribution in [0.15, 0.2) is 58.3 Å². The van der Waals surface area contributed by atoms with Crippen LogP contribution < -0.4 is 4.72 Å². The molecule has 13 heteroatoms. The summed E-state index contributed by atoms with van der Waals surface area (Å²) in [6, 6.07) is 6.54. The number of halogens is 6. The van der Waals surface area contributed by atoms with Gasteiger partial charge >= 0.3 is 12.4 Å². The number of hydrogen-bond acceptors (Lipinski definition) is 4. The lowest BCUT2D eigenvalue weighted by Gasteiger charge is -2.35. The number of nitrogens with one attached hydrogen (secondary N) is 1. The van der Waals surface area contributed by atoms with Crippen LogP contribution in [0.4, 0.5) is 26.3 Å². The van der Waals surface area contributed by atoms with E-state index in [2.05, 4.69) is 4.72 Å². The Morgan fingerprint density at radius 1 is 0.781 bits per heavy atom.